The fourth-order valence-corrected chi connectivity index (χ4v) is 3.90. The largest absolute Gasteiger partial charge is 0.481 e. The number of nitrogens with one attached hydrogen (secondary N) is 4. The molecule has 4 atom stereocenters. The van der Waals surface area contributed by atoms with Crippen molar-refractivity contribution < 1.29 is 39.0 Å². The Hall–Kier alpha value is -4.46. The van der Waals surface area contributed by atoms with Gasteiger partial charge in [0.05, 0.1) is 12.5 Å². The molecule has 0 aliphatic carbocycles. The number of aromatic nitrogens is 1. The number of fused-ring (bicyclic) bond motifs is 1. The molecule has 0 aliphatic heterocycles. The van der Waals surface area contributed by atoms with E-state index in [0.717, 1.165) is 16.5 Å². The zero-order valence-corrected chi connectivity index (χ0v) is 21.6. The Kier molecular flexibility index (Phi) is 11.0. The van der Waals surface area contributed by atoms with Crippen molar-refractivity contribution in [2.75, 3.05) is 0 Å². The van der Waals surface area contributed by atoms with Crippen molar-refractivity contribution in [1.29, 1.82) is 0 Å². The second-order valence-electron chi connectivity index (χ2n) is 9.46. The van der Waals surface area contributed by atoms with Crippen LogP contribution in [-0.2, 0) is 35.2 Å². The number of hydrogen-bond donors (Lipinski definition) is 8. The monoisotopic (exact) mass is 546 g/mol. The van der Waals surface area contributed by atoms with E-state index in [1.807, 2.05) is 24.3 Å². The van der Waals surface area contributed by atoms with Crippen LogP contribution in [0.25, 0.3) is 10.9 Å². The molecule has 0 radical (unpaired) electrons. The maximum absolute atomic E-state index is 13.1. The maximum Gasteiger partial charge on any atom is 0.326 e. The summed E-state index contributed by atoms with van der Waals surface area (Å²) in [5.41, 5.74) is 12.8. The van der Waals surface area contributed by atoms with Crippen molar-refractivity contribution in [1.82, 2.24) is 20.9 Å². The number of nitrogens with two attached hydrogens (primary N) is 2. The first-order valence-electron chi connectivity index (χ1n) is 12.2. The number of rotatable bonds is 15. The van der Waals surface area contributed by atoms with E-state index in [0.29, 0.717) is 0 Å². The first-order chi connectivity index (χ1) is 18.3. The van der Waals surface area contributed by atoms with E-state index in [2.05, 4.69) is 20.9 Å². The Morgan fingerprint density at radius 1 is 0.923 bits per heavy atom. The van der Waals surface area contributed by atoms with Gasteiger partial charge in [-0.3, -0.25) is 24.0 Å². The van der Waals surface area contributed by atoms with Crippen LogP contribution in [0.5, 0.6) is 0 Å². The molecule has 10 N–H and O–H groups in total. The van der Waals surface area contributed by atoms with E-state index in [-0.39, 0.29) is 12.8 Å². The molecule has 0 bridgehead atoms. The lowest BCUT2D eigenvalue weighted by Crippen LogP contribution is -2.58. The number of carbonyl (C=O) groups is 6. The van der Waals surface area contributed by atoms with Crippen LogP contribution < -0.4 is 27.4 Å². The number of aliphatic carboxylic acids is 2. The molecule has 4 amide bonds. The highest BCUT2D eigenvalue weighted by atomic mass is 16.4. The van der Waals surface area contributed by atoms with Crippen LogP contribution in [0, 0.1) is 5.92 Å². The summed E-state index contributed by atoms with van der Waals surface area (Å²) in [5.74, 6) is -6.69. The molecule has 0 saturated heterocycles. The average Bonchev–Trinajstić information content (AvgIpc) is 3.26. The maximum atomic E-state index is 13.1. The summed E-state index contributed by atoms with van der Waals surface area (Å²) in [7, 11) is 0. The first kappa shape index (κ1) is 30.8. The van der Waals surface area contributed by atoms with Gasteiger partial charge in [-0.25, -0.2) is 4.79 Å². The lowest BCUT2D eigenvalue weighted by Gasteiger charge is -2.26. The second-order valence-corrected chi connectivity index (χ2v) is 9.46. The van der Waals surface area contributed by atoms with E-state index in [1.54, 1.807) is 20.0 Å². The van der Waals surface area contributed by atoms with Crippen molar-refractivity contribution in [3.05, 3.63) is 36.0 Å². The summed E-state index contributed by atoms with van der Waals surface area (Å²) < 4.78 is 0. The number of H-pyrrole nitrogens is 1. The Morgan fingerprint density at radius 3 is 2.15 bits per heavy atom. The summed E-state index contributed by atoms with van der Waals surface area (Å²) in [6.45, 7) is 3.30. The van der Waals surface area contributed by atoms with E-state index < -0.39 is 78.5 Å². The molecule has 2 rings (SSSR count). The highest BCUT2D eigenvalue weighted by molar-refractivity contribution is 5.95. The van der Waals surface area contributed by atoms with E-state index >= 15 is 0 Å². The Labute approximate surface area is 223 Å². The number of carboxylic acids is 2. The molecular weight excluding hydrogens is 512 g/mol. The number of primary amides is 1. The predicted molar refractivity (Wildman–Crippen MR) is 139 cm³/mol. The third kappa shape index (κ3) is 9.10. The predicted octanol–water partition coefficient (Wildman–Crippen LogP) is -1.03. The van der Waals surface area contributed by atoms with Crippen LogP contribution in [0.15, 0.2) is 30.5 Å². The molecule has 4 unspecified atom stereocenters. The molecule has 0 spiro atoms. The minimum absolute atomic E-state index is 0.183. The SMILES string of the molecule is CC(C)C(NC(=O)C(N)Cc1c[nH]c2ccccc12)C(=O)NC(CCC(=O)O)C(=O)NC(CC(N)=O)C(=O)O. The minimum atomic E-state index is -1.68. The van der Waals surface area contributed by atoms with E-state index in [4.69, 9.17) is 16.6 Å². The quantitative estimate of drug-likeness (QED) is 0.136. The Bertz CT molecular complexity index is 1230. The van der Waals surface area contributed by atoms with Gasteiger partial charge in [-0.15, -0.1) is 0 Å². The van der Waals surface area contributed by atoms with Gasteiger partial charge in [0.1, 0.15) is 18.1 Å². The van der Waals surface area contributed by atoms with Crippen molar-refractivity contribution >= 4 is 46.5 Å². The number of carbonyl (C=O) groups excluding carboxylic acids is 4. The van der Waals surface area contributed by atoms with Crippen molar-refractivity contribution in [3.63, 3.8) is 0 Å². The van der Waals surface area contributed by atoms with E-state index in [1.165, 1.54) is 0 Å². The summed E-state index contributed by atoms with van der Waals surface area (Å²) in [6, 6.07) is 2.19. The fourth-order valence-electron chi connectivity index (χ4n) is 3.90. The first-order valence-corrected chi connectivity index (χ1v) is 12.2. The van der Waals surface area contributed by atoms with Crippen LogP contribution in [-0.4, -0.2) is 74.9 Å². The molecule has 1 heterocycles. The highest BCUT2D eigenvalue weighted by Gasteiger charge is 2.32. The van der Waals surface area contributed by atoms with Crippen LogP contribution in [0.4, 0.5) is 0 Å². The number of aromatic amines is 1. The minimum Gasteiger partial charge on any atom is -0.481 e. The zero-order valence-electron chi connectivity index (χ0n) is 21.6. The third-order valence-electron chi connectivity index (χ3n) is 6.00. The summed E-state index contributed by atoms with van der Waals surface area (Å²) in [5, 5.41) is 26.2. The zero-order chi connectivity index (χ0) is 29.3. The molecular formula is C25H34N6O8. The van der Waals surface area contributed by atoms with Crippen LogP contribution in [0.2, 0.25) is 0 Å². The van der Waals surface area contributed by atoms with Crippen LogP contribution in [0.1, 0.15) is 38.7 Å². The van der Waals surface area contributed by atoms with Gasteiger partial charge >= 0.3 is 11.9 Å². The number of para-hydroxylation sites is 1. The van der Waals surface area contributed by atoms with Crippen molar-refractivity contribution in [2.24, 2.45) is 17.4 Å². The van der Waals surface area contributed by atoms with E-state index in [9.17, 15) is 33.9 Å². The molecule has 2 aromatic rings. The lowest BCUT2D eigenvalue weighted by atomic mass is 10.00. The lowest BCUT2D eigenvalue weighted by molar-refractivity contribution is -0.144. The second kappa shape index (κ2) is 13.9. The molecule has 212 valence electrons. The molecule has 0 saturated carbocycles. The van der Waals surface area contributed by atoms with Gasteiger partial charge < -0.3 is 42.6 Å². The normalized spacial score (nSPS) is 14.2. The number of benzene rings is 1. The Balaban J connectivity index is 2.12. The standard InChI is InChI=1S/C25H34N6O8/c1-12(2)21(31-22(35)15(26)9-13-11-28-16-6-4-3-5-14(13)16)24(37)29-17(7-8-20(33)34)23(36)30-18(25(38)39)10-19(27)32/h3-6,11-12,15,17-18,21,28H,7-10,26H2,1-2H3,(H2,27,32)(H,29,37)(H,30,36)(H,31,35)(H,33,34)(H,38,39). The molecule has 0 fully saturated rings. The van der Waals surface area contributed by atoms with Crippen molar-refractivity contribution in [2.45, 2.75) is 63.7 Å². The van der Waals surface area contributed by atoms with Gasteiger partial charge in [-0.1, -0.05) is 32.0 Å². The summed E-state index contributed by atoms with van der Waals surface area (Å²) in [4.78, 5) is 75.5. The topological polar surface area (TPSA) is 247 Å². The summed E-state index contributed by atoms with van der Waals surface area (Å²) >= 11 is 0. The molecule has 39 heavy (non-hydrogen) atoms. The van der Waals surface area contributed by atoms with Gasteiger partial charge in [0.25, 0.3) is 0 Å². The average molecular weight is 547 g/mol. The van der Waals surface area contributed by atoms with Gasteiger partial charge in [-0.05, 0) is 30.4 Å². The number of hydrogen-bond acceptors (Lipinski definition) is 7. The number of amides is 4. The third-order valence-corrected chi connectivity index (χ3v) is 6.00. The fraction of sp³-hybridized carbons (Fsp3) is 0.440. The molecule has 1 aromatic carbocycles. The van der Waals surface area contributed by atoms with Gasteiger partial charge in [-0.2, -0.15) is 0 Å². The van der Waals surface area contributed by atoms with Gasteiger partial charge in [0.2, 0.25) is 23.6 Å². The van der Waals surface area contributed by atoms with Gasteiger partial charge in [0, 0.05) is 23.5 Å². The van der Waals surface area contributed by atoms with Crippen LogP contribution in [0.3, 0.4) is 0 Å². The van der Waals surface area contributed by atoms with Crippen molar-refractivity contribution in [3.8, 4) is 0 Å². The molecule has 14 heteroatoms. The smallest absolute Gasteiger partial charge is 0.326 e. The highest BCUT2D eigenvalue weighted by Crippen LogP contribution is 2.19. The summed E-state index contributed by atoms with van der Waals surface area (Å²) in [6.07, 6.45) is 0.315. The number of carboxylic acid groups (broad SMARTS) is 2. The molecule has 14 nitrogen and oxygen atoms in total. The molecule has 1 aromatic heterocycles. The molecule has 0 aliphatic rings. The van der Waals surface area contributed by atoms with Crippen LogP contribution >= 0.6 is 0 Å². The van der Waals surface area contributed by atoms with Gasteiger partial charge in [0.15, 0.2) is 0 Å². The Morgan fingerprint density at radius 2 is 1.56 bits per heavy atom.